The van der Waals surface area contributed by atoms with E-state index in [0.717, 1.165) is 0 Å². The van der Waals surface area contributed by atoms with Crippen LogP contribution < -0.4 is 0 Å². The second kappa shape index (κ2) is 6.10. The van der Waals surface area contributed by atoms with E-state index in [1.54, 1.807) is 0 Å². The Bertz CT molecular complexity index is 662. The van der Waals surface area contributed by atoms with Gasteiger partial charge >= 0.3 is 5.97 Å². The number of carbonyl (C=O) groups is 1. The SMILES string of the molecule is O=C(O)c1ccc2nc([C@@H](O)[C@H](O)[C@H](O)CO)cnc2c1. The summed E-state index contributed by atoms with van der Waals surface area (Å²) in [5.41, 5.74) is 0.719. The first kappa shape index (κ1) is 15.3. The molecule has 0 aliphatic carbocycles. The number of carboxylic acids is 1. The van der Waals surface area contributed by atoms with Crippen LogP contribution in [-0.4, -0.2) is 60.3 Å². The summed E-state index contributed by atoms with van der Waals surface area (Å²) in [6.07, 6.45) is -3.47. The van der Waals surface area contributed by atoms with E-state index in [4.69, 9.17) is 10.2 Å². The summed E-state index contributed by atoms with van der Waals surface area (Å²) < 4.78 is 0. The average molecular weight is 294 g/mol. The molecule has 21 heavy (non-hydrogen) atoms. The number of aliphatic hydroxyl groups excluding tert-OH is 4. The van der Waals surface area contributed by atoms with Crippen molar-refractivity contribution >= 4 is 17.0 Å². The van der Waals surface area contributed by atoms with Crippen LogP contribution in [0.4, 0.5) is 0 Å². The Morgan fingerprint density at radius 3 is 2.52 bits per heavy atom. The highest BCUT2D eigenvalue weighted by Crippen LogP contribution is 2.20. The van der Waals surface area contributed by atoms with Crippen LogP contribution in [0.1, 0.15) is 22.2 Å². The number of fused-ring (bicyclic) bond motifs is 1. The Morgan fingerprint density at radius 2 is 1.90 bits per heavy atom. The van der Waals surface area contributed by atoms with Crippen molar-refractivity contribution in [2.45, 2.75) is 18.3 Å². The summed E-state index contributed by atoms with van der Waals surface area (Å²) in [6.45, 7) is -0.707. The second-order valence-electron chi connectivity index (χ2n) is 4.49. The van der Waals surface area contributed by atoms with Gasteiger partial charge in [0, 0.05) is 0 Å². The molecule has 1 aromatic carbocycles. The first-order valence-electron chi connectivity index (χ1n) is 6.09. The largest absolute Gasteiger partial charge is 0.478 e. The fourth-order valence-electron chi connectivity index (χ4n) is 1.79. The molecule has 0 saturated carbocycles. The van der Waals surface area contributed by atoms with Crippen molar-refractivity contribution in [1.82, 2.24) is 9.97 Å². The van der Waals surface area contributed by atoms with Gasteiger partial charge in [-0.25, -0.2) is 9.78 Å². The first-order chi connectivity index (χ1) is 9.93. The Kier molecular flexibility index (Phi) is 4.43. The maximum absolute atomic E-state index is 10.8. The molecule has 0 amide bonds. The van der Waals surface area contributed by atoms with Gasteiger partial charge in [-0.1, -0.05) is 0 Å². The Balaban J connectivity index is 2.35. The number of aromatic carboxylic acids is 1. The quantitative estimate of drug-likeness (QED) is 0.476. The summed E-state index contributed by atoms with van der Waals surface area (Å²) in [7, 11) is 0. The fourth-order valence-corrected chi connectivity index (χ4v) is 1.79. The van der Waals surface area contributed by atoms with E-state index >= 15 is 0 Å². The maximum Gasteiger partial charge on any atom is 0.335 e. The van der Waals surface area contributed by atoms with E-state index in [-0.39, 0.29) is 11.3 Å². The Labute approximate surface area is 119 Å². The highest BCUT2D eigenvalue weighted by molar-refractivity contribution is 5.92. The topological polar surface area (TPSA) is 144 Å². The molecule has 0 radical (unpaired) electrons. The van der Waals surface area contributed by atoms with Crippen LogP contribution in [0.25, 0.3) is 11.0 Å². The molecule has 3 atom stereocenters. The van der Waals surface area contributed by atoms with Crippen molar-refractivity contribution in [3.63, 3.8) is 0 Å². The number of nitrogens with zero attached hydrogens (tertiary/aromatic N) is 2. The normalized spacial score (nSPS) is 15.6. The van der Waals surface area contributed by atoms with Crippen molar-refractivity contribution in [3.05, 3.63) is 35.7 Å². The third-order valence-electron chi connectivity index (χ3n) is 3.02. The fraction of sp³-hybridized carbons (Fsp3) is 0.308. The predicted octanol–water partition coefficient (Wildman–Crippen LogP) is -0.925. The van der Waals surface area contributed by atoms with Crippen LogP contribution in [0.2, 0.25) is 0 Å². The van der Waals surface area contributed by atoms with Crippen molar-refractivity contribution in [1.29, 1.82) is 0 Å². The number of aliphatic hydroxyl groups is 4. The van der Waals surface area contributed by atoms with E-state index in [1.165, 1.54) is 24.4 Å². The van der Waals surface area contributed by atoms with E-state index in [2.05, 4.69) is 9.97 Å². The number of benzene rings is 1. The monoisotopic (exact) mass is 294 g/mol. The zero-order valence-electron chi connectivity index (χ0n) is 10.8. The molecule has 0 aliphatic heterocycles. The van der Waals surface area contributed by atoms with Gasteiger partial charge in [0.25, 0.3) is 0 Å². The lowest BCUT2D eigenvalue weighted by Crippen LogP contribution is -2.35. The number of aromatic nitrogens is 2. The van der Waals surface area contributed by atoms with Crippen LogP contribution >= 0.6 is 0 Å². The van der Waals surface area contributed by atoms with Crippen LogP contribution in [-0.2, 0) is 0 Å². The highest BCUT2D eigenvalue weighted by Gasteiger charge is 2.27. The van der Waals surface area contributed by atoms with E-state index in [0.29, 0.717) is 11.0 Å². The van der Waals surface area contributed by atoms with Crippen LogP contribution in [0.3, 0.4) is 0 Å². The molecule has 0 saturated heterocycles. The molecule has 0 spiro atoms. The minimum absolute atomic E-state index is 0.00516. The van der Waals surface area contributed by atoms with Gasteiger partial charge in [-0.2, -0.15) is 0 Å². The van der Waals surface area contributed by atoms with Gasteiger partial charge in [0.1, 0.15) is 18.3 Å². The lowest BCUT2D eigenvalue weighted by Gasteiger charge is -2.20. The molecule has 0 aliphatic rings. The van der Waals surface area contributed by atoms with Crippen molar-refractivity contribution in [3.8, 4) is 0 Å². The molecule has 8 nitrogen and oxygen atoms in total. The number of hydrogen-bond donors (Lipinski definition) is 5. The summed E-state index contributed by atoms with van der Waals surface area (Å²) in [6, 6.07) is 4.10. The molecule has 0 bridgehead atoms. The van der Waals surface area contributed by atoms with E-state index in [9.17, 15) is 20.1 Å². The smallest absolute Gasteiger partial charge is 0.335 e. The van der Waals surface area contributed by atoms with Crippen LogP contribution in [0.5, 0.6) is 0 Å². The third kappa shape index (κ3) is 3.14. The molecule has 8 heteroatoms. The minimum Gasteiger partial charge on any atom is -0.478 e. The van der Waals surface area contributed by atoms with Crippen molar-refractivity contribution in [2.75, 3.05) is 6.61 Å². The van der Waals surface area contributed by atoms with Gasteiger partial charge in [-0.15, -0.1) is 0 Å². The highest BCUT2D eigenvalue weighted by atomic mass is 16.4. The molecular weight excluding hydrogens is 280 g/mol. The lowest BCUT2D eigenvalue weighted by molar-refractivity contribution is -0.0789. The molecule has 1 heterocycles. The summed E-state index contributed by atoms with van der Waals surface area (Å²) >= 11 is 0. The zero-order valence-corrected chi connectivity index (χ0v) is 10.8. The Morgan fingerprint density at radius 1 is 1.19 bits per heavy atom. The molecule has 112 valence electrons. The maximum atomic E-state index is 10.8. The standard InChI is InChI=1S/C13H14N2O6/c16-5-10(17)12(19)11(18)9-4-14-8-3-6(13(20)21)1-2-7(8)15-9/h1-4,10-12,16-19H,5H2,(H,20,21)/t10-,11-,12-/m1/s1. The lowest BCUT2D eigenvalue weighted by atomic mass is 10.1. The van der Waals surface area contributed by atoms with Gasteiger partial charge in [-0.05, 0) is 18.2 Å². The van der Waals surface area contributed by atoms with Gasteiger partial charge in [-0.3, -0.25) is 4.98 Å². The molecule has 1 aromatic heterocycles. The van der Waals surface area contributed by atoms with E-state index < -0.39 is 30.9 Å². The van der Waals surface area contributed by atoms with E-state index in [1.807, 2.05) is 0 Å². The third-order valence-corrected chi connectivity index (χ3v) is 3.02. The van der Waals surface area contributed by atoms with Gasteiger partial charge in [0.2, 0.25) is 0 Å². The van der Waals surface area contributed by atoms with Gasteiger partial charge < -0.3 is 25.5 Å². The number of rotatable bonds is 5. The van der Waals surface area contributed by atoms with Gasteiger partial charge in [0.15, 0.2) is 0 Å². The molecule has 5 N–H and O–H groups in total. The summed E-state index contributed by atoms with van der Waals surface area (Å²) in [5, 5.41) is 46.4. The van der Waals surface area contributed by atoms with Crippen molar-refractivity contribution < 1.29 is 30.3 Å². The first-order valence-corrected chi connectivity index (χ1v) is 6.09. The molecule has 0 unspecified atom stereocenters. The van der Waals surface area contributed by atoms with Crippen LogP contribution in [0.15, 0.2) is 24.4 Å². The van der Waals surface area contributed by atoms with Crippen molar-refractivity contribution in [2.24, 2.45) is 0 Å². The Hall–Kier alpha value is -2.13. The van der Waals surface area contributed by atoms with Crippen LogP contribution in [0, 0.1) is 0 Å². The summed E-state index contributed by atoms with van der Waals surface area (Å²) in [5.74, 6) is -1.09. The predicted molar refractivity (Wildman–Crippen MR) is 70.6 cm³/mol. The second-order valence-corrected chi connectivity index (χ2v) is 4.49. The van der Waals surface area contributed by atoms with Gasteiger partial charge in [0.05, 0.1) is 35.1 Å². The number of carboxylic acid groups (broad SMARTS) is 1. The number of hydrogen-bond acceptors (Lipinski definition) is 7. The zero-order chi connectivity index (χ0) is 15.6. The minimum atomic E-state index is -1.61. The molecular formula is C13H14N2O6. The summed E-state index contributed by atoms with van der Waals surface area (Å²) in [4.78, 5) is 18.9. The molecule has 2 aromatic rings. The molecule has 0 fully saturated rings. The average Bonchev–Trinajstić information content (AvgIpc) is 2.51. The molecule has 2 rings (SSSR count).